The van der Waals surface area contributed by atoms with E-state index in [1.165, 1.54) is 17.5 Å². The summed E-state index contributed by atoms with van der Waals surface area (Å²) in [4.78, 5) is 12.0. The van der Waals surface area contributed by atoms with Gasteiger partial charge in [0.2, 0.25) is 0 Å². The summed E-state index contributed by atoms with van der Waals surface area (Å²) >= 11 is 3.33. The second kappa shape index (κ2) is 6.86. The second-order valence-electron chi connectivity index (χ2n) is 4.66. The van der Waals surface area contributed by atoms with Gasteiger partial charge in [0.05, 0.1) is 18.4 Å². The molecule has 104 valence electrons. The first kappa shape index (κ1) is 14.3. The Morgan fingerprint density at radius 3 is 3.21 bits per heavy atom. The standard InChI is InChI=1S/C13H19BrN4O/c1-2-8-18-13(19)12(14)11(9-17-18)16-7-5-10-4-3-6-15-10/h2,9-10,15-16H,1,3-8H2/t10-/m0/s1. The van der Waals surface area contributed by atoms with Gasteiger partial charge in [-0.15, -0.1) is 6.58 Å². The van der Waals surface area contributed by atoms with Gasteiger partial charge in [-0.3, -0.25) is 4.79 Å². The Bertz CT molecular complexity index is 494. The maximum atomic E-state index is 12.0. The molecular weight excluding hydrogens is 308 g/mol. The molecule has 0 spiro atoms. The lowest BCUT2D eigenvalue weighted by Crippen LogP contribution is -2.26. The van der Waals surface area contributed by atoms with Gasteiger partial charge in [-0.05, 0) is 41.7 Å². The lowest BCUT2D eigenvalue weighted by molar-refractivity contribution is 0.574. The molecule has 0 radical (unpaired) electrons. The van der Waals surface area contributed by atoms with Crippen molar-refractivity contribution in [3.05, 3.63) is 33.7 Å². The molecule has 1 fully saturated rings. The van der Waals surface area contributed by atoms with Crippen molar-refractivity contribution in [2.45, 2.75) is 31.8 Å². The molecule has 0 aromatic carbocycles. The van der Waals surface area contributed by atoms with Crippen molar-refractivity contribution in [2.24, 2.45) is 0 Å². The predicted octanol–water partition coefficient (Wildman–Crippen LogP) is 1.75. The van der Waals surface area contributed by atoms with E-state index in [2.05, 4.69) is 38.2 Å². The number of anilines is 1. The third-order valence-electron chi connectivity index (χ3n) is 3.26. The minimum atomic E-state index is -0.135. The average molecular weight is 327 g/mol. The maximum absolute atomic E-state index is 12.0. The SMILES string of the molecule is C=CCn1ncc(NCC[C@@H]2CCCN2)c(Br)c1=O. The molecule has 1 saturated heterocycles. The molecule has 2 N–H and O–H groups in total. The first-order chi connectivity index (χ1) is 9.22. The summed E-state index contributed by atoms with van der Waals surface area (Å²) in [5.74, 6) is 0. The minimum Gasteiger partial charge on any atom is -0.383 e. The maximum Gasteiger partial charge on any atom is 0.283 e. The Morgan fingerprint density at radius 1 is 1.68 bits per heavy atom. The van der Waals surface area contributed by atoms with E-state index < -0.39 is 0 Å². The number of allylic oxidation sites excluding steroid dienone is 1. The zero-order valence-electron chi connectivity index (χ0n) is 10.9. The molecule has 1 aliphatic rings. The van der Waals surface area contributed by atoms with Crippen LogP contribution in [-0.2, 0) is 6.54 Å². The molecule has 1 aromatic heterocycles. The fraction of sp³-hybridized carbons (Fsp3) is 0.538. The van der Waals surface area contributed by atoms with Gasteiger partial charge in [-0.1, -0.05) is 6.08 Å². The zero-order chi connectivity index (χ0) is 13.7. The molecule has 6 heteroatoms. The molecule has 0 aliphatic carbocycles. The lowest BCUT2D eigenvalue weighted by atomic mass is 10.1. The average Bonchev–Trinajstić information content (AvgIpc) is 2.91. The molecule has 0 unspecified atom stereocenters. The Kier molecular flexibility index (Phi) is 5.15. The predicted molar refractivity (Wildman–Crippen MR) is 80.5 cm³/mol. The van der Waals surface area contributed by atoms with E-state index in [4.69, 9.17) is 0 Å². The number of hydrogen-bond acceptors (Lipinski definition) is 4. The number of nitrogens with zero attached hydrogens (tertiary/aromatic N) is 2. The Hall–Kier alpha value is -1.14. The molecule has 1 aliphatic heterocycles. The van der Waals surface area contributed by atoms with Crippen molar-refractivity contribution in [1.82, 2.24) is 15.1 Å². The summed E-state index contributed by atoms with van der Waals surface area (Å²) < 4.78 is 1.91. The number of halogens is 1. The molecule has 2 heterocycles. The summed E-state index contributed by atoms with van der Waals surface area (Å²) in [5, 5.41) is 10.8. The number of rotatable bonds is 6. The van der Waals surface area contributed by atoms with Crippen LogP contribution >= 0.6 is 15.9 Å². The van der Waals surface area contributed by atoms with E-state index in [0.717, 1.165) is 25.2 Å². The van der Waals surface area contributed by atoms with E-state index in [0.29, 0.717) is 17.1 Å². The van der Waals surface area contributed by atoms with Crippen LogP contribution in [0.5, 0.6) is 0 Å². The van der Waals surface area contributed by atoms with Crippen LogP contribution in [-0.4, -0.2) is 28.9 Å². The highest BCUT2D eigenvalue weighted by molar-refractivity contribution is 9.10. The molecule has 0 bridgehead atoms. The normalized spacial score (nSPS) is 18.5. The van der Waals surface area contributed by atoms with Crippen LogP contribution < -0.4 is 16.2 Å². The highest BCUT2D eigenvalue weighted by Crippen LogP contribution is 2.16. The second-order valence-corrected chi connectivity index (χ2v) is 5.45. The zero-order valence-corrected chi connectivity index (χ0v) is 12.4. The molecule has 1 aromatic rings. The van der Waals surface area contributed by atoms with E-state index in [-0.39, 0.29) is 5.56 Å². The Labute approximate surface area is 121 Å². The van der Waals surface area contributed by atoms with Crippen LogP contribution in [0.3, 0.4) is 0 Å². The minimum absolute atomic E-state index is 0.135. The molecule has 0 saturated carbocycles. The van der Waals surface area contributed by atoms with E-state index >= 15 is 0 Å². The molecule has 0 amide bonds. The number of nitrogens with one attached hydrogen (secondary N) is 2. The van der Waals surface area contributed by atoms with Crippen LogP contribution in [0.15, 0.2) is 28.1 Å². The van der Waals surface area contributed by atoms with Gasteiger partial charge in [0.15, 0.2) is 0 Å². The van der Waals surface area contributed by atoms with Gasteiger partial charge in [0.25, 0.3) is 5.56 Å². The van der Waals surface area contributed by atoms with Crippen molar-refractivity contribution in [2.75, 3.05) is 18.4 Å². The largest absolute Gasteiger partial charge is 0.383 e. The third kappa shape index (κ3) is 3.67. The first-order valence-corrected chi connectivity index (χ1v) is 7.35. The first-order valence-electron chi connectivity index (χ1n) is 6.56. The van der Waals surface area contributed by atoms with Crippen LogP contribution in [0, 0.1) is 0 Å². The van der Waals surface area contributed by atoms with E-state index in [9.17, 15) is 4.79 Å². The number of aromatic nitrogens is 2. The van der Waals surface area contributed by atoms with Crippen molar-refractivity contribution < 1.29 is 0 Å². The van der Waals surface area contributed by atoms with Gasteiger partial charge in [-0.25, -0.2) is 4.68 Å². The quantitative estimate of drug-likeness (QED) is 0.782. The van der Waals surface area contributed by atoms with Gasteiger partial charge in [0, 0.05) is 12.6 Å². The fourth-order valence-electron chi connectivity index (χ4n) is 2.22. The van der Waals surface area contributed by atoms with E-state index in [1.807, 2.05) is 0 Å². The van der Waals surface area contributed by atoms with Crippen LogP contribution in [0.1, 0.15) is 19.3 Å². The summed E-state index contributed by atoms with van der Waals surface area (Å²) in [5.41, 5.74) is 0.618. The summed E-state index contributed by atoms with van der Waals surface area (Å²) in [6.45, 7) is 5.98. The van der Waals surface area contributed by atoms with Gasteiger partial charge in [0.1, 0.15) is 4.47 Å². The molecule has 1 atom stereocenters. The van der Waals surface area contributed by atoms with Gasteiger partial charge in [-0.2, -0.15) is 5.10 Å². The van der Waals surface area contributed by atoms with E-state index in [1.54, 1.807) is 12.3 Å². The molecule has 5 nitrogen and oxygen atoms in total. The molecule has 19 heavy (non-hydrogen) atoms. The van der Waals surface area contributed by atoms with Crippen molar-refractivity contribution >= 4 is 21.6 Å². The van der Waals surface area contributed by atoms with Gasteiger partial charge >= 0.3 is 0 Å². The lowest BCUT2D eigenvalue weighted by Gasteiger charge is -2.12. The summed E-state index contributed by atoms with van der Waals surface area (Å²) in [6.07, 6.45) is 6.88. The molecule has 2 rings (SSSR count). The Balaban J connectivity index is 1.94. The van der Waals surface area contributed by atoms with Crippen molar-refractivity contribution in [3.63, 3.8) is 0 Å². The smallest absolute Gasteiger partial charge is 0.283 e. The highest BCUT2D eigenvalue weighted by Gasteiger charge is 2.14. The summed E-state index contributed by atoms with van der Waals surface area (Å²) in [7, 11) is 0. The summed E-state index contributed by atoms with van der Waals surface area (Å²) in [6, 6.07) is 0.598. The number of hydrogen-bond donors (Lipinski definition) is 2. The molecular formula is C13H19BrN4O. The van der Waals surface area contributed by atoms with Crippen LogP contribution in [0.2, 0.25) is 0 Å². The highest BCUT2D eigenvalue weighted by atomic mass is 79.9. The van der Waals surface area contributed by atoms with Crippen molar-refractivity contribution in [3.8, 4) is 0 Å². The van der Waals surface area contributed by atoms with Crippen LogP contribution in [0.25, 0.3) is 0 Å². The topological polar surface area (TPSA) is 59.0 Å². The monoisotopic (exact) mass is 326 g/mol. The fourth-order valence-corrected chi connectivity index (χ4v) is 2.67. The third-order valence-corrected chi connectivity index (χ3v) is 4.02. The van der Waals surface area contributed by atoms with Crippen molar-refractivity contribution in [1.29, 1.82) is 0 Å². The van der Waals surface area contributed by atoms with Crippen LogP contribution in [0.4, 0.5) is 5.69 Å². The van der Waals surface area contributed by atoms with Gasteiger partial charge < -0.3 is 10.6 Å². The Morgan fingerprint density at radius 2 is 2.53 bits per heavy atom.